The summed E-state index contributed by atoms with van der Waals surface area (Å²) in [6.07, 6.45) is 2.10. The summed E-state index contributed by atoms with van der Waals surface area (Å²) in [5.41, 5.74) is 6.87. The SMILES string of the molecule is Cl.NC1CCN(Cc2cccc(F)c2)CC1. The smallest absolute Gasteiger partial charge is 0.123 e. The second-order valence-electron chi connectivity index (χ2n) is 4.24. The highest BCUT2D eigenvalue weighted by Crippen LogP contribution is 2.13. The molecule has 0 amide bonds. The van der Waals surface area contributed by atoms with Crippen molar-refractivity contribution in [2.45, 2.75) is 25.4 Å². The average Bonchev–Trinajstić information content (AvgIpc) is 2.22. The van der Waals surface area contributed by atoms with E-state index in [1.807, 2.05) is 6.07 Å². The summed E-state index contributed by atoms with van der Waals surface area (Å²) in [6.45, 7) is 2.89. The summed E-state index contributed by atoms with van der Waals surface area (Å²) in [5, 5.41) is 0. The van der Waals surface area contributed by atoms with Gasteiger partial charge in [-0.15, -0.1) is 12.4 Å². The molecule has 0 atom stereocenters. The van der Waals surface area contributed by atoms with Crippen LogP contribution in [0.1, 0.15) is 18.4 Å². The predicted molar refractivity (Wildman–Crippen MR) is 66.1 cm³/mol. The van der Waals surface area contributed by atoms with Crippen molar-refractivity contribution in [1.29, 1.82) is 0 Å². The van der Waals surface area contributed by atoms with Crippen LogP contribution < -0.4 is 5.73 Å². The van der Waals surface area contributed by atoms with Crippen LogP contribution in [0.4, 0.5) is 4.39 Å². The lowest BCUT2D eigenvalue weighted by atomic mass is 10.1. The number of halogens is 2. The monoisotopic (exact) mass is 244 g/mol. The molecule has 90 valence electrons. The third kappa shape index (κ3) is 3.74. The molecule has 1 fully saturated rings. The van der Waals surface area contributed by atoms with Gasteiger partial charge in [-0.3, -0.25) is 4.90 Å². The zero-order chi connectivity index (χ0) is 10.7. The molecule has 1 aliphatic heterocycles. The molecule has 1 aromatic rings. The first-order valence-corrected chi connectivity index (χ1v) is 5.46. The number of rotatable bonds is 2. The Labute approximate surface area is 102 Å². The molecule has 1 aliphatic rings. The van der Waals surface area contributed by atoms with Gasteiger partial charge in [0.1, 0.15) is 5.82 Å². The van der Waals surface area contributed by atoms with E-state index < -0.39 is 0 Å². The number of nitrogens with zero attached hydrogens (tertiary/aromatic N) is 1. The van der Waals surface area contributed by atoms with E-state index in [9.17, 15) is 4.39 Å². The van der Waals surface area contributed by atoms with E-state index in [1.54, 1.807) is 12.1 Å². The first kappa shape index (κ1) is 13.4. The summed E-state index contributed by atoms with van der Waals surface area (Å²) in [7, 11) is 0. The normalized spacial score (nSPS) is 18.1. The van der Waals surface area contributed by atoms with Gasteiger partial charge in [0, 0.05) is 12.6 Å². The van der Waals surface area contributed by atoms with E-state index in [-0.39, 0.29) is 18.2 Å². The molecule has 2 N–H and O–H groups in total. The van der Waals surface area contributed by atoms with Gasteiger partial charge in [0.2, 0.25) is 0 Å². The number of hydrogen-bond donors (Lipinski definition) is 1. The Morgan fingerprint density at radius 1 is 1.31 bits per heavy atom. The topological polar surface area (TPSA) is 29.3 Å². The lowest BCUT2D eigenvalue weighted by Gasteiger charge is -2.30. The molecule has 2 nitrogen and oxygen atoms in total. The molecule has 1 heterocycles. The fraction of sp³-hybridized carbons (Fsp3) is 0.500. The maximum absolute atomic E-state index is 12.9. The van der Waals surface area contributed by atoms with Crippen molar-refractivity contribution >= 4 is 12.4 Å². The highest BCUT2D eigenvalue weighted by atomic mass is 35.5. The fourth-order valence-corrected chi connectivity index (χ4v) is 2.00. The van der Waals surface area contributed by atoms with Gasteiger partial charge in [0.15, 0.2) is 0 Å². The molecular formula is C12H18ClFN2. The van der Waals surface area contributed by atoms with Crippen LogP contribution in [0.3, 0.4) is 0 Å². The van der Waals surface area contributed by atoms with E-state index in [0.717, 1.165) is 38.0 Å². The third-order valence-corrected chi connectivity index (χ3v) is 2.93. The van der Waals surface area contributed by atoms with Gasteiger partial charge >= 0.3 is 0 Å². The molecule has 4 heteroatoms. The Hall–Kier alpha value is -0.640. The minimum atomic E-state index is -0.152. The lowest BCUT2D eigenvalue weighted by Crippen LogP contribution is -2.39. The molecule has 0 spiro atoms. The van der Waals surface area contributed by atoms with Gasteiger partial charge in [0.25, 0.3) is 0 Å². The molecule has 1 aromatic carbocycles. The molecule has 0 saturated carbocycles. The van der Waals surface area contributed by atoms with Gasteiger partial charge in [-0.2, -0.15) is 0 Å². The minimum absolute atomic E-state index is 0. The van der Waals surface area contributed by atoms with Crippen LogP contribution in [-0.4, -0.2) is 24.0 Å². The first-order chi connectivity index (χ1) is 7.24. The van der Waals surface area contributed by atoms with Gasteiger partial charge < -0.3 is 5.73 Å². The third-order valence-electron chi connectivity index (χ3n) is 2.93. The Kier molecular flexibility index (Phi) is 5.19. The number of likely N-dealkylation sites (tertiary alicyclic amines) is 1. The van der Waals surface area contributed by atoms with Crippen molar-refractivity contribution in [3.8, 4) is 0 Å². The summed E-state index contributed by atoms with van der Waals surface area (Å²) in [4.78, 5) is 2.33. The second kappa shape index (κ2) is 6.18. The lowest BCUT2D eigenvalue weighted by molar-refractivity contribution is 0.205. The van der Waals surface area contributed by atoms with Crippen molar-refractivity contribution in [3.63, 3.8) is 0 Å². The Morgan fingerprint density at radius 3 is 2.62 bits per heavy atom. The number of benzene rings is 1. The van der Waals surface area contributed by atoms with Crippen LogP contribution in [-0.2, 0) is 6.54 Å². The van der Waals surface area contributed by atoms with E-state index >= 15 is 0 Å². The minimum Gasteiger partial charge on any atom is -0.328 e. The zero-order valence-electron chi connectivity index (χ0n) is 9.23. The first-order valence-electron chi connectivity index (χ1n) is 5.46. The van der Waals surface area contributed by atoms with Crippen LogP contribution in [0.15, 0.2) is 24.3 Å². The highest BCUT2D eigenvalue weighted by molar-refractivity contribution is 5.85. The second-order valence-corrected chi connectivity index (χ2v) is 4.24. The van der Waals surface area contributed by atoms with E-state index in [4.69, 9.17) is 5.73 Å². The summed E-state index contributed by atoms with van der Waals surface area (Å²) >= 11 is 0. The molecule has 0 bridgehead atoms. The predicted octanol–water partition coefficient (Wildman–Crippen LogP) is 2.17. The zero-order valence-corrected chi connectivity index (χ0v) is 10.0. The number of piperidine rings is 1. The molecule has 1 saturated heterocycles. The Morgan fingerprint density at radius 2 is 2.00 bits per heavy atom. The molecule has 0 aliphatic carbocycles. The van der Waals surface area contributed by atoms with Crippen molar-refractivity contribution in [2.75, 3.05) is 13.1 Å². The molecule has 0 aromatic heterocycles. The average molecular weight is 245 g/mol. The van der Waals surface area contributed by atoms with Crippen LogP contribution in [0.25, 0.3) is 0 Å². The van der Waals surface area contributed by atoms with Crippen LogP contribution in [0.2, 0.25) is 0 Å². The van der Waals surface area contributed by atoms with Crippen LogP contribution in [0.5, 0.6) is 0 Å². The fourth-order valence-electron chi connectivity index (χ4n) is 2.00. The molecule has 2 rings (SSSR count). The van der Waals surface area contributed by atoms with E-state index in [2.05, 4.69) is 4.90 Å². The van der Waals surface area contributed by atoms with Gasteiger partial charge in [0.05, 0.1) is 0 Å². The number of hydrogen-bond acceptors (Lipinski definition) is 2. The van der Waals surface area contributed by atoms with Crippen molar-refractivity contribution in [1.82, 2.24) is 4.90 Å². The Bertz CT molecular complexity index is 325. The van der Waals surface area contributed by atoms with Crippen molar-refractivity contribution in [2.24, 2.45) is 5.73 Å². The molecule has 0 unspecified atom stereocenters. The highest BCUT2D eigenvalue weighted by Gasteiger charge is 2.15. The van der Waals surface area contributed by atoms with E-state index in [0.29, 0.717) is 6.04 Å². The van der Waals surface area contributed by atoms with Crippen molar-refractivity contribution < 1.29 is 4.39 Å². The van der Waals surface area contributed by atoms with E-state index in [1.165, 1.54) is 6.07 Å². The largest absolute Gasteiger partial charge is 0.328 e. The van der Waals surface area contributed by atoms with Gasteiger partial charge in [-0.25, -0.2) is 4.39 Å². The van der Waals surface area contributed by atoms with Gasteiger partial charge in [-0.05, 0) is 43.6 Å². The quantitative estimate of drug-likeness (QED) is 0.864. The Balaban J connectivity index is 0.00000128. The molecule has 16 heavy (non-hydrogen) atoms. The maximum Gasteiger partial charge on any atom is 0.123 e. The van der Waals surface area contributed by atoms with Crippen LogP contribution in [0, 0.1) is 5.82 Å². The summed E-state index contributed by atoms with van der Waals surface area (Å²) in [5.74, 6) is -0.152. The maximum atomic E-state index is 12.9. The molecular weight excluding hydrogens is 227 g/mol. The summed E-state index contributed by atoms with van der Waals surface area (Å²) < 4.78 is 12.9. The summed E-state index contributed by atoms with van der Waals surface area (Å²) in [6, 6.07) is 7.18. The molecule has 0 radical (unpaired) electrons. The van der Waals surface area contributed by atoms with Crippen molar-refractivity contribution in [3.05, 3.63) is 35.6 Å². The van der Waals surface area contributed by atoms with Gasteiger partial charge in [-0.1, -0.05) is 12.1 Å². The number of nitrogens with two attached hydrogens (primary N) is 1. The van der Waals surface area contributed by atoms with Crippen LogP contribution >= 0.6 is 12.4 Å². The standard InChI is InChI=1S/C12H17FN2.ClH/c13-11-3-1-2-10(8-11)9-15-6-4-12(14)5-7-15;/h1-3,8,12H,4-7,9,14H2;1H.